The molecule has 0 saturated carbocycles. The third kappa shape index (κ3) is 3.97. The van der Waals surface area contributed by atoms with Crippen LogP contribution in [0.1, 0.15) is 10.4 Å². The van der Waals surface area contributed by atoms with Crippen molar-refractivity contribution in [1.82, 2.24) is 0 Å². The summed E-state index contributed by atoms with van der Waals surface area (Å²) < 4.78 is 28.1. The quantitative estimate of drug-likeness (QED) is 0.630. The summed E-state index contributed by atoms with van der Waals surface area (Å²) in [5, 5.41) is 0.519. The normalized spacial score (nSPS) is 11.2. The molecule has 0 amide bonds. The van der Waals surface area contributed by atoms with Crippen LogP contribution in [0.25, 0.3) is 0 Å². The lowest BCUT2D eigenvalue weighted by Crippen LogP contribution is -2.10. The van der Waals surface area contributed by atoms with Gasteiger partial charge in [0.15, 0.2) is 9.84 Å². The maximum Gasteiger partial charge on any atom is 0.345 e. The lowest BCUT2D eigenvalue weighted by atomic mass is 10.2. The number of ether oxygens (including phenoxy) is 1. The molecule has 2 aromatic carbocycles. The van der Waals surface area contributed by atoms with E-state index in [0.29, 0.717) is 5.02 Å². The van der Waals surface area contributed by atoms with Gasteiger partial charge in [0.05, 0.1) is 15.5 Å². The maximum absolute atomic E-state index is 12.1. The summed E-state index contributed by atoms with van der Waals surface area (Å²) in [5.41, 5.74) is -0.0282. The zero-order chi connectivity index (χ0) is 15.6. The molecule has 0 radical (unpaired) electrons. The fraction of sp³-hybridized carbons (Fsp3) is 0.0714. The average molecular weight is 345 g/mol. The summed E-state index contributed by atoms with van der Waals surface area (Å²) in [6, 6.07) is 10.1. The summed E-state index contributed by atoms with van der Waals surface area (Å²) in [7, 11) is -3.44. The smallest absolute Gasteiger partial charge is 0.345 e. The minimum Gasteiger partial charge on any atom is -0.423 e. The Balaban J connectivity index is 2.35. The van der Waals surface area contributed by atoms with Gasteiger partial charge in [-0.2, -0.15) is 0 Å². The van der Waals surface area contributed by atoms with Crippen molar-refractivity contribution in [3.8, 4) is 5.75 Å². The minimum atomic E-state index is -3.44. The highest BCUT2D eigenvalue weighted by molar-refractivity contribution is 7.90. The molecule has 2 aromatic rings. The van der Waals surface area contributed by atoms with Crippen molar-refractivity contribution in [3.63, 3.8) is 0 Å². The van der Waals surface area contributed by atoms with E-state index in [1.807, 2.05) is 0 Å². The van der Waals surface area contributed by atoms with Gasteiger partial charge in [-0.25, -0.2) is 13.2 Å². The molecule has 0 atom stereocenters. The van der Waals surface area contributed by atoms with Crippen molar-refractivity contribution in [2.24, 2.45) is 0 Å². The lowest BCUT2D eigenvalue weighted by molar-refractivity contribution is 0.0734. The first-order valence-corrected chi connectivity index (χ1v) is 8.39. The number of rotatable bonds is 3. The molecule has 0 fully saturated rings. The number of benzene rings is 2. The molecule has 0 saturated heterocycles. The third-order valence-corrected chi connectivity index (χ3v) is 4.27. The molecule has 2 rings (SSSR count). The Kier molecular flexibility index (Phi) is 4.56. The van der Waals surface area contributed by atoms with Crippen LogP contribution >= 0.6 is 23.2 Å². The van der Waals surface area contributed by atoms with Gasteiger partial charge in [0, 0.05) is 11.3 Å². The predicted molar refractivity (Wildman–Crippen MR) is 81.0 cm³/mol. The second kappa shape index (κ2) is 6.05. The Labute approximate surface area is 132 Å². The highest BCUT2D eigenvalue weighted by Crippen LogP contribution is 2.23. The zero-order valence-electron chi connectivity index (χ0n) is 10.8. The van der Waals surface area contributed by atoms with Gasteiger partial charge in [0.25, 0.3) is 0 Å². The fourth-order valence-electron chi connectivity index (χ4n) is 1.58. The van der Waals surface area contributed by atoms with Crippen LogP contribution < -0.4 is 4.74 Å². The summed E-state index contributed by atoms with van der Waals surface area (Å²) in [6.07, 6.45) is 1.04. The van der Waals surface area contributed by atoms with Gasteiger partial charge in [-0.3, -0.25) is 0 Å². The van der Waals surface area contributed by atoms with Crippen molar-refractivity contribution in [2.75, 3.05) is 6.26 Å². The van der Waals surface area contributed by atoms with Crippen LogP contribution in [0, 0.1) is 0 Å². The molecular formula is C14H10Cl2O4S. The molecule has 0 heterocycles. The predicted octanol–water partition coefficient (Wildman–Crippen LogP) is 3.62. The number of halogens is 2. The number of carbonyl (C=O) groups excluding carboxylic acids is 1. The molecule has 0 bridgehead atoms. The minimum absolute atomic E-state index is 0.00931. The third-order valence-electron chi connectivity index (χ3n) is 2.59. The summed E-state index contributed by atoms with van der Waals surface area (Å²) >= 11 is 11.7. The second-order valence-corrected chi connectivity index (χ2v) is 7.12. The molecule has 110 valence electrons. The number of esters is 1. The molecule has 0 N–H and O–H groups in total. The van der Waals surface area contributed by atoms with E-state index in [-0.39, 0.29) is 21.2 Å². The number of hydrogen-bond acceptors (Lipinski definition) is 4. The van der Waals surface area contributed by atoms with E-state index in [0.717, 1.165) is 6.26 Å². The molecule has 4 nitrogen and oxygen atoms in total. The molecule has 0 aliphatic heterocycles. The highest BCUT2D eigenvalue weighted by Gasteiger charge is 2.17. The van der Waals surface area contributed by atoms with Crippen LogP contribution in [-0.4, -0.2) is 20.6 Å². The second-order valence-electron chi connectivity index (χ2n) is 4.26. The van der Waals surface area contributed by atoms with Gasteiger partial charge in [0.1, 0.15) is 5.75 Å². The lowest BCUT2D eigenvalue weighted by Gasteiger charge is -2.07. The van der Waals surface area contributed by atoms with Gasteiger partial charge >= 0.3 is 5.97 Å². The Morgan fingerprint density at radius 3 is 2.43 bits per heavy atom. The van der Waals surface area contributed by atoms with Gasteiger partial charge < -0.3 is 4.74 Å². The summed E-state index contributed by atoms with van der Waals surface area (Å²) in [5.74, 6) is -0.513. The Bertz CT molecular complexity index is 800. The largest absolute Gasteiger partial charge is 0.423 e. The monoisotopic (exact) mass is 344 g/mol. The Morgan fingerprint density at radius 2 is 1.81 bits per heavy atom. The number of sulfone groups is 1. The van der Waals surface area contributed by atoms with Crippen LogP contribution in [0.5, 0.6) is 5.75 Å². The van der Waals surface area contributed by atoms with Crippen molar-refractivity contribution in [1.29, 1.82) is 0 Å². The molecule has 21 heavy (non-hydrogen) atoms. The van der Waals surface area contributed by atoms with E-state index in [1.165, 1.54) is 24.3 Å². The van der Waals surface area contributed by atoms with Gasteiger partial charge in [-0.05, 0) is 36.4 Å². The van der Waals surface area contributed by atoms with E-state index < -0.39 is 15.8 Å². The maximum atomic E-state index is 12.1. The van der Waals surface area contributed by atoms with Crippen molar-refractivity contribution in [3.05, 3.63) is 58.1 Å². The standard InChI is InChI=1S/C14H10Cl2O4S/c1-21(18,19)11-5-6-13(16)12(8-11)14(17)20-10-4-2-3-9(15)7-10/h2-8H,1H3. The zero-order valence-corrected chi connectivity index (χ0v) is 13.2. The molecule has 0 aromatic heterocycles. The van der Waals surface area contributed by atoms with Crippen LogP contribution in [-0.2, 0) is 9.84 Å². The van der Waals surface area contributed by atoms with Crippen LogP contribution in [0.15, 0.2) is 47.4 Å². The Hall–Kier alpha value is -1.56. The first-order chi connectivity index (χ1) is 9.77. The molecule has 0 aliphatic carbocycles. The molecule has 7 heteroatoms. The SMILES string of the molecule is CS(=O)(=O)c1ccc(Cl)c(C(=O)Oc2cccc(Cl)c2)c1. The molecule has 0 aliphatic rings. The van der Waals surface area contributed by atoms with Gasteiger partial charge in [-0.15, -0.1) is 0 Å². The average Bonchev–Trinajstić information content (AvgIpc) is 2.37. The topological polar surface area (TPSA) is 60.4 Å². The summed E-state index contributed by atoms with van der Waals surface area (Å²) in [4.78, 5) is 12.1. The number of hydrogen-bond donors (Lipinski definition) is 0. The first kappa shape index (κ1) is 15.8. The van der Waals surface area contributed by atoms with Crippen molar-refractivity contribution in [2.45, 2.75) is 4.90 Å². The van der Waals surface area contributed by atoms with Crippen molar-refractivity contribution < 1.29 is 17.9 Å². The van der Waals surface area contributed by atoms with E-state index in [9.17, 15) is 13.2 Å². The Morgan fingerprint density at radius 1 is 1.10 bits per heavy atom. The van der Waals surface area contributed by atoms with E-state index in [1.54, 1.807) is 18.2 Å². The van der Waals surface area contributed by atoms with Crippen molar-refractivity contribution >= 4 is 39.0 Å². The van der Waals surface area contributed by atoms with E-state index in [2.05, 4.69) is 0 Å². The van der Waals surface area contributed by atoms with E-state index >= 15 is 0 Å². The number of carbonyl (C=O) groups is 1. The summed E-state index contributed by atoms with van der Waals surface area (Å²) in [6.45, 7) is 0. The van der Waals surface area contributed by atoms with Crippen LogP contribution in [0.4, 0.5) is 0 Å². The fourth-order valence-corrected chi connectivity index (χ4v) is 2.61. The molecular weight excluding hydrogens is 335 g/mol. The van der Waals surface area contributed by atoms with Gasteiger partial charge in [0.2, 0.25) is 0 Å². The van der Waals surface area contributed by atoms with Crippen LogP contribution in [0.3, 0.4) is 0 Å². The van der Waals surface area contributed by atoms with E-state index in [4.69, 9.17) is 27.9 Å². The van der Waals surface area contributed by atoms with Gasteiger partial charge in [-0.1, -0.05) is 29.3 Å². The van der Waals surface area contributed by atoms with Crippen LogP contribution in [0.2, 0.25) is 10.0 Å². The highest BCUT2D eigenvalue weighted by atomic mass is 35.5. The first-order valence-electron chi connectivity index (χ1n) is 5.75. The molecule has 0 unspecified atom stereocenters. The molecule has 0 spiro atoms.